The lowest BCUT2D eigenvalue weighted by molar-refractivity contribution is -0.107. The number of carbonyl (C=O) groups excluding carboxylic acids is 2. The number of benzene rings is 1. The van der Waals surface area contributed by atoms with Crippen LogP contribution in [0.2, 0.25) is 0 Å². The molecule has 0 saturated carbocycles. The molecule has 0 amide bonds. The molecule has 15 heavy (non-hydrogen) atoms. The lowest BCUT2D eigenvalue weighted by Crippen LogP contribution is -1.99. The number of hydrogen-bond acceptors (Lipinski definition) is 3. The second kappa shape index (κ2) is 5.66. The number of ketones is 1. The van der Waals surface area contributed by atoms with Crippen LogP contribution in [0.3, 0.4) is 0 Å². The van der Waals surface area contributed by atoms with E-state index in [1.807, 2.05) is 0 Å². The Morgan fingerprint density at radius 2 is 2.27 bits per heavy atom. The first kappa shape index (κ1) is 11.9. The Kier molecular flexibility index (Phi) is 4.49. The Bertz CT molecular complexity index is 374. The summed E-state index contributed by atoms with van der Waals surface area (Å²) >= 11 is 3.30. The minimum absolute atomic E-state index is 0.0366. The lowest BCUT2D eigenvalue weighted by Gasteiger charge is -2.04. The van der Waals surface area contributed by atoms with Crippen LogP contribution in [0.4, 0.5) is 0 Å². The Hall–Kier alpha value is -1.16. The van der Waals surface area contributed by atoms with Crippen LogP contribution in [-0.4, -0.2) is 19.2 Å². The van der Waals surface area contributed by atoms with E-state index in [9.17, 15) is 9.59 Å². The molecule has 0 aliphatic carbocycles. The second-order valence-corrected chi connectivity index (χ2v) is 3.83. The average Bonchev–Trinajstić information content (AvgIpc) is 2.25. The van der Waals surface area contributed by atoms with Crippen LogP contribution in [-0.2, 0) is 4.79 Å². The molecule has 4 heteroatoms. The van der Waals surface area contributed by atoms with Gasteiger partial charge in [-0.05, 0) is 34.1 Å². The van der Waals surface area contributed by atoms with Crippen molar-refractivity contribution >= 4 is 28.0 Å². The van der Waals surface area contributed by atoms with Crippen molar-refractivity contribution in [2.45, 2.75) is 12.8 Å². The fourth-order valence-electron chi connectivity index (χ4n) is 1.17. The molecule has 1 aromatic rings. The zero-order valence-electron chi connectivity index (χ0n) is 8.33. The van der Waals surface area contributed by atoms with E-state index < -0.39 is 0 Å². The molecule has 0 unspecified atom stereocenters. The topological polar surface area (TPSA) is 43.4 Å². The number of carbonyl (C=O) groups is 2. The molecule has 0 fully saturated rings. The van der Waals surface area contributed by atoms with Gasteiger partial charge in [0, 0.05) is 18.4 Å². The van der Waals surface area contributed by atoms with Gasteiger partial charge in [0.15, 0.2) is 5.78 Å². The van der Waals surface area contributed by atoms with Crippen molar-refractivity contribution in [1.29, 1.82) is 0 Å². The minimum atomic E-state index is -0.0366. The standard InChI is InChI=1S/C11H11BrO3/c1-15-11-5-4-8(7-9(11)12)10(14)3-2-6-13/h4-7H,2-3H2,1H3. The summed E-state index contributed by atoms with van der Waals surface area (Å²) in [6.45, 7) is 0. The molecular formula is C11H11BrO3. The molecule has 0 spiro atoms. The maximum atomic E-state index is 11.5. The highest BCUT2D eigenvalue weighted by molar-refractivity contribution is 9.10. The van der Waals surface area contributed by atoms with Crippen LogP contribution in [0.1, 0.15) is 23.2 Å². The van der Waals surface area contributed by atoms with Gasteiger partial charge in [0.25, 0.3) is 0 Å². The van der Waals surface area contributed by atoms with Gasteiger partial charge in [0.2, 0.25) is 0 Å². The summed E-state index contributed by atoms with van der Waals surface area (Å²) in [5, 5.41) is 0. The van der Waals surface area contributed by atoms with Gasteiger partial charge < -0.3 is 9.53 Å². The van der Waals surface area contributed by atoms with Crippen LogP contribution >= 0.6 is 15.9 Å². The first-order valence-corrected chi connectivity index (χ1v) is 5.28. The van der Waals surface area contributed by atoms with Crippen LogP contribution < -0.4 is 4.74 Å². The van der Waals surface area contributed by atoms with E-state index in [1.165, 1.54) is 0 Å². The first-order valence-electron chi connectivity index (χ1n) is 4.49. The zero-order valence-corrected chi connectivity index (χ0v) is 9.91. The highest BCUT2D eigenvalue weighted by Crippen LogP contribution is 2.26. The molecule has 1 aromatic carbocycles. The molecule has 0 heterocycles. The molecule has 0 saturated heterocycles. The minimum Gasteiger partial charge on any atom is -0.496 e. The summed E-state index contributed by atoms with van der Waals surface area (Å²) in [7, 11) is 1.56. The van der Waals surface area contributed by atoms with Gasteiger partial charge in [-0.1, -0.05) is 0 Å². The lowest BCUT2D eigenvalue weighted by atomic mass is 10.1. The van der Waals surface area contributed by atoms with E-state index in [2.05, 4.69) is 15.9 Å². The average molecular weight is 271 g/mol. The Morgan fingerprint density at radius 1 is 1.53 bits per heavy atom. The van der Waals surface area contributed by atoms with Gasteiger partial charge in [-0.15, -0.1) is 0 Å². The highest BCUT2D eigenvalue weighted by Gasteiger charge is 2.08. The van der Waals surface area contributed by atoms with Gasteiger partial charge in [-0.3, -0.25) is 4.79 Å². The van der Waals surface area contributed by atoms with Crippen molar-refractivity contribution < 1.29 is 14.3 Å². The maximum absolute atomic E-state index is 11.5. The summed E-state index contributed by atoms with van der Waals surface area (Å²) in [4.78, 5) is 21.7. The Balaban J connectivity index is 2.82. The van der Waals surface area contributed by atoms with Gasteiger partial charge in [0.05, 0.1) is 11.6 Å². The van der Waals surface area contributed by atoms with Crippen molar-refractivity contribution in [3.05, 3.63) is 28.2 Å². The van der Waals surface area contributed by atoms with E-state index in [0.717, 1.165) is 10.8 Å². The largest absolute Gasteiger partial charge is 0.496 e. The molecule has 0 radical (unpaired) electrons. The van der Waals surface area contributed by atoms with Crippen molar-refractivity contribution in [1.82, 2.24) is 0 Å². The zero-order chi connectivity index (χ0) is 11.3. The molecule has 80 valence electrons. The van der Waals surface area contributed by atoms with E-state index in [1.54, 1.807) is 25.3 Å². The van der Waals surface area contributed by atoms with Gasteiger partial charge in [-0.2, -0.15) is 0 Å². The van der Waals surface area contributed by atoms with Crippen molar-refractivity contribution in [3.63, 3.8) is 0 Å². The summed E-state index contributed by atoms with van der Waals surface area (Å²) in [5.74, 6) is 0.646. The predicted molar refractivity (Wildman–Crippen MR) is 60.3 cm³/mol. The predicted octanol–water partition coefficient (Wildman–Crippen LogP) is 2.62. The number of hydrogen-bond donors (Lipinski definition) is 0. The van der Waals surface area contributed by atoms with Crippen LogP contribution in [0.25, 0.3) is 0 Å². The third kappa shape index (κ3) is 3.16. The summed E-state index contributed by atoms with van der Waals surface area (Å²) < 4.78 is 5.78. The van der Waals surface area contributed by atoms with Gasteiger partial charge in [0.1, 0.15) is 12.0 Å². The van der Waals surface area contributed by atoms with E-state index in [4.69, 9.17) is 4.74 Å². The van der Waals surface area contributed by atoms with Crippen molar-refractivity contribution in [3.8, 4) is 5.75 Å². The normalized spacial score (nSPS) is 9.73. The quantitative estimate of drug-likeness (QED) is 0.610. The number of methoxy groups -OCH3 is 1. The van der Waals surface area contributed by atoms with Crippen molar-refractivity contribution in [2.75, 3.05) is 7.11 Å². The summed E-state index contributed by atoms with van der Waals surface area (Å²) in [6.07, 6.45) is 1.27. The number of aldehydes is 1. The molecule has 0 aliphatic rings. The van der Waals surface area contributed by atoms with Gasteiger partial charge >= 0.3 is 0 Å². The Labute approximate surface area is 96.6 Å². The van der Waals surface area contributed by atoms with E-state index >= 15 is 0 Å². The highest BCUT2D eigenvalue weighted by atomic mass is 79.9. The monoisotopic (exact) mass is 270 g/mol. The van der Waals surface area contributed by atoms with Crippen LogP contribution in [0.5, 0.6) is 5.75 Å². The summed E-state index contributed by atoms with van der Waals surface area (Å²) in [5.41, 5.74) is 0.588. The second-order valence-electron chi connectivity index (χ2n) is 2.98. The summed E-state index contributed by atoms with van der Waals surface area (Å²) in [6, 6.07) is 5.11. The molecule has 0 N–H and O–H groups in total. The van der Waals surface area contributed by atoms with Crippen molar-refractivity contribution in [2.24, 2.45) is 0 Å². The number of ether oxygens (including phenoxy) is 1. The number of halogens is 1. The van der Waals surface area contributed by atoms with Crippen LogP contribution in [0.15, 0.2) is 22.7 Å². The fraction of sp³-hybridized carbons (Fsp3) is 0.273. The SMILES string of the molecule is COc1ccc(C(=O)CCC=O)cc1Br. The molecule has 0 atom stereocenters. The van der Waals surface area contributed by atoms with E-state index in [0.29, 0.717) is 11.3 Å². The third-order valence-electron chi connectivity index (χ3n) is 1.96. The third-order valence-corrected chi connectivity index (χ3v) is 2.58. The molecule has 0 aromatic heterocycles. The first-order chi connectivity index (χ1) is 7.19. The van der Waals surface area contributed by atoms with Crippen LogP contribution in [0, 0.1) is 0 Å². The smallest absolute Gasteiger partial charge is 0.163 e. The Morgan fingerprint density at radius 3 is 2.80 bits per heavy atom. The molecule has 1 rings (SSSR count). The number of rotatable bonds is 5. The number of Topliss-reactive ketones (excluding diaryl/α,β-unsaturated/α-hetero) is 1. The molecular weight excluding hydrogens is 260 g/mol. The van der Waals surface area contributed by atoms with E-state index in [-0.39, 0.29) is 18.6 Å². The molecule has 0 aliphatic heterocycles. The maximum Gasteiger partial charge on any atom is 0.163 e. The van der Waals surface area contributed by atoms with Gasteiger partial charge in [-0.25, -0.2) is 0 Å². The molecule has 3 nitrogen and oxygen atoms in total. The molecule has 0 bridgehead atoms. The fourth-order valence-corrected chi connectivity index (χ4v) is 1.71.